The van der Waals surface area contributed by atoms with E-state index in [0.29, 0.717) is 6.42 Å². The fourth-order valence-electron chi connectivity index (χ4n) is 3.74. The number of rotatable bonds is 18. The second-order valence-corrected chi connectivity index (χ2v) is 8.13. The standard InChI is InChI=1S/C24H42O3/c1-2-3-4-5-6-7-8-9-10-11-12-13-14-15-16-17-18-19-20-22-21-23(25)27-24(22)26/h4-5,22H,2-3,6-21H2,1H3/b5-4+. The number of carbonyl (C=O) groups excluding carboxylic acids is 2. The van der Waals surface area contributed by atoms with Crippen molar-refractivity contribution in [2.75, 3.05) is 0 Å². The Bertz CT molecular complexity index is 414. The van der Waals surface area contributed by atoms with Gasteiger partial charge in [0.25, 0.3) is 0 Å². The summed E-state index contributed by atoms with van der Waals surface area (Å²) in [6.07, 6.45) is 26.8. The molecule has 0 aromatic rings. The van der Waals surface area contributed by atoms with Crippen LogP contribution in [0.1, 0.15) is 122 Å². The van der Waals surface area contributed by atoms with Gasteiger partial charge in [0.05, 0.1) is 12.3 Å². The number of hydrogen-bond donors (Lipinski definition) is 0. The first kappa shape index (κ1) is 23.9. The molecule has 0 bridgehead atoms. The zero-order valence-electron chi connectivity index (χ0n) is 17.7. The van der Waals surface area contributed by atoms with Gasteiger partial charge in [0.15, 0.2) is 0 Å². The van der Waals surface area contributed by atoms with E-state index in [1.54, 1.807) is 0 Å². The van der Waals surface area contributed by atoms with Gasteiger partial charge in [0, 0.05) is 0 Å². The molecule has 0 amide bonds. The minimum atomic E-state index is -0.343. The summed E-state index contributed by atoms with van der Waals surface area (Å²) >= 11 is 0. The normalized spacial score (nSPS) is 17.1. The van der Waals surface area contributed by atoms with Crippen LogP contribution in [0.25, 0.3) is 0 Å². The van der Waals surface area contributed by atoms with Crippen LogP contribution in [0.5, 0.6) is 0 Å². The molecule has 1 atom stereocenters. The van der Waals surface area contributed by atoms with Crippen molar-refractivity contribution in [2.45, 2.75) is 122 Å². The van der Waals surface area contributed by atoms with Gasteiger partial charge in [-0.2, -0.15) is 0 Å². The van der Waals surface area contributed by atoms with Crippen molar-refractivity contribution in [1.29, 1.82) is 0 Å². The Hall–Kier alpha value is -1.12. The van der Waals surface area contributed by atoms with Gasteiger partial charge in [-0.25, -0.2) is 0 Å². The molecule has 1 unspecified atom stereocenters. The van der Waals surface area contributed by atoms with Crippen LogP contribution in [0.15, 0.2) is 12.2 Å². The van der Waals surface area contributed by atoms with Gasteiger partial charge in [-0.05, 0) is 25.7 Å². The summed E-state index contributed by atoms with van der Waals surface area (Å²) in [7, 11) is 0. The molecule has 3 nitrogen and oxygen atoms in total. The van der Waals surface area contributed by atoms with E-state index < -0.39 is 0 Å². The molecule has 1 aliphatic rings. The summed E-state index contributed by atoms with van der Waals surface area (Å²) in [5, 5.41) is 0. The van der Waals surface area contributed by atoms with Crippen molar-refractivity contribution in [3.8, 4) is 0 Å². The molecule has 0 aromatic carbocycles. The third-order valence-corrected chi connectivity index (χ3v) is 5.51. The minimum absolute atomic E-state index is 0.157. The third-order valence-electron chi connectivity index (χ3n) is 5.51. The summed E-state index contributed by atoms with van der Waals surface area (Å²) in [5.41, 5.74) is 0. The second-order valence-electron chi connectivity index (χ2n) is 8.13. The third kappa shape index (κ3) is 13.7. The van der Waals surface area contributed by atoms with Gasteiger partial charge in [-0.15, -0.1) is 0 Å². The van der Waals surface area contributed by atoms with Gasteiger partial charge in [-0.3, -0.25) is 9.59 Å². The highest BCUT2D eigenvalue weighted by molar-refractivity contribution is 5.94. The number of carbonyl (C=O) groups is 2. The monoisotopic (exact) mass is 378 g/mol. The van der Waals surface area contributed by atoms with Gasteiger partial charge < -0.3 is 4.74 Å². The van der Waals surface area contributed by atoms with Crippen LogP contribution >= 0.6 is 0 Å². The molecule has 0 saturated carbocycles. The van der Waals surface area contributed by atoms with Crippen LogP contribution in [0, 0.1) is 5.92 Å². The van der Waals surface area contributed by atoms with Crippen LogP contribution in [-0.4, -0.2) is 11.9 Å². The smallest absolute Gasteiger partial charge is 0.317 e. The Labute approximate surface area is 167 Å². The molecule has 0 aliphatic carbocycles. The summed E-state index contributed by atoms with van der Waals surface area (Å²) < 4.78 is 4.58. The zero-order chi connectivity index (χ0) is 19.6. The van der Waals surface area contributed by atoms with Gasteiger partial charge in [0.2, 0.25) is 0 Å². The van der Waals surface area contributed by atoms with Crippen molar-refractivity contribution >= 4 is 11.9 Å². The number of unbranched alkanes of at least 4 members (excludes halogenated alkanes) is 14. The molecule has 0 radical (unpaired) electrons. The molecule has 3 heteroatoms. The zero-order valence-corrected chi connectivity index (χ0v) is 17.7. The summed E-state index contributed by atoms with van der Waals surface area (Å²) in [4.78, 5) is 22.4. The Morgan fingerprint density at radius 2 is 1.22 bits per heavy atom. The lowest BCUT2D eigenvalue weighted by atomic mass is 9.98. The Morgan fingerprint density at radius 1 is 0.741 bits per heavy atom. The van der Waals surface area contributed by atoms with Crippen LogP contribution in [0.2, 0.25) is 0 Å². The highest BCUT2D eigenvalue weighted by atomic mass is 16.6. The Balaban J connectivity index is 1.72. The number of hydrogen-bond acceptors (Lipinski definition) is 3. The number of esters is 2. The first-order valence-corrected chi connectivity index (χ1v) is 11.6. The lowest BCUT2D eigenvalue weighted by Gasteiger charge is -2.05. The summed E-state index contributed by atoms with van der Waals surface area (Å²) in [5.74, 6) is -0.802. The van der Waals surface area contributed by atoms with Crippen molar-refractivity contribution in [1.82, 2.24) is 0 Å². The molecule has 1 rings (SSSR count). The van der Waals surface area contributed by atoms with Crippen molar-refractivity contribution < 1.29 is 14.3 Å². The minimum Gasteiger partial charge on any atom is -0.393 e. The van der Waals surface area contributed by atoms with E-state index >= 15 is 0 Å². The maximum Gasteiger partial charge on any atom is 0.317 e. The average molecular weight is 379 g/mol. The first-order valence-electron chi connectivity index (χ1n) is 11.6. The fourth-order valence-corrected chi connectivity index (χ4v) is 3.74. The lowest BCUT2D eigenvalue weighted by molar-refractivity contribution is -0.153. The molecule has 1 saturated heterocycles. The average Bonchev–Trinajstić information content (AvgIpc) is 2.98. The lowest BCUT2D eigenvalue weighted by Crippen LogP contribution is -2.06. The number of cyclic esters (lactones) is 2. The molecular weight excluding hydrogens is 336 g/mol. The van der Waals surface area contributed by atoms with Crippen molar-refractivity contribution in [3.05, 3.63) is 12.2 Å². The molecule has 156 valence electrons. The molecule has 0 aromatic heterocycles. The van der Waals surface area contributed by atoms with E-state index in [4.69, 9.17) is 0 Å². The summed E-state index contributed by atoms with van der Waals surface area (Å²) in [6.45, 7) is 2.23. The maximum absolute atomic E-state index is 11.4. The molecule has 0 N–H and O–H groups in total. The molecule has 1 heterocycles. The fraction of sp³-hybridized carbons (Fsp3) is 0.833. The summed E-state index contributed by atoms with van der Waals surface area (Å²) in [6, 6.07) is 0. The highest BCUT2D eigenvalue weighted by Crippen LogP contribution is 2.22. The van der Waals surface area contributed by atoms with Crippen LogP contribution in [0.3, 0.4) is 0 Å². The molecule has 1 aliphatic heterocycles. The molecule has 1 fully saturated rings. The van der Waals surface area contributed by atoms with E-state index in [1.807, 2.05) is 0 Å². The topological polar surface area (TPSA) is 43.4 Å². The van der Waals surface area contributed by atoms with E-state index in [2.05, 4.69) is 23.8 Å². The number of ether oxygens (including phenoxy) is 1. The van der Waals surface area contributed by atoms with E-state index in [0.717, 1.165) is 12.8 Å². The maximum atomic E-state index is 11.4. The van der Waals surface area contributed by atoms with Gasteiger partial charge >= 0.3 is 11.9 Å². The van der Waals surface area contributed by atoms with E-state index in [-0.39, 0.29) is 17.9 Å². The van der Waals surface area contributed by atoms with Gasteiger partial charge in [0.1, 0.15) is 0 Å². The van der Waals surface area contributed by atoms with E-state index in [1.165, 1.54) is 96.3 Å². The predicted octanol–water partition coefficient (Wildman–Crippen LogP) is 7.28. The van der Waals surface area contributed by atoms with Crippen molar-refractivity contribution in [3.63, 3.8) is 0 Å². The van der Waals surface area contributed by atoms with Crippen LogP contribution in [0.4, 0.5) is 0 Å². The molecule has 27 heavy (non-hydrogen) atoms. The van der Waals surface area contributed by atoms with Gasteiger partial charge in [-0.1, -0.05) is 103 Å². The first-order chi connectivity index (χ1) is 13.2. The SMILES string of the molecule is CCC/C=C/CCCCCCCCCCCCCCCC1CC(=O)OC1=O. The van der Waals surface area contributed by atoms with Crippen LogP contribution in [-0.2, 0) is 14.3 Å². The predicted molar refractivity (Wildman–Crippen MR) is 113 cm³/mol. The Kier molecular flexibility index (Phi) is 15.1. The molecule has 0 spiro atoms. The van der Waals surface area contributed by atoms with Crippen molar-refractivity contribution in [2.24, 2.45) is 5.92 Å². The highest BCUT2D eigenvalue weighted by Gasteiger charge is 2.32. The quantitative estimate of drug-likeness (QED) is 0.109. The van der Waals surface area contributed by atoms with Crippen LogP contribution < -0.4 is 0 Å². The largest absolute Gasteiger partial charge is 0.393 e. The number of allylic oxidation sites excluding steroid dienone is 2. The molecular formula is C24H42O3. The van der Waals surface area contributed by atoms with E-state index in [9.17, 15) is 9.59 Å². The Morgan fingerprint density at radius 3 is 1.70 bits per heavy atom. The second kappa shape index (κ2) is 17.0.